The van der Waals surface area contributed by atoms with E-state index in [0.29, 0.717) is 13.0 Å². The second-order valence-electron chi connectivity index (χ2n) is 6.73. The van der Waals surface area contributed by atoms with Crippen LogP contribution in [0.15, 0.2) is 46.9 Å². The Morgan fingerprint density at radius 3 is 2.39 bits per heavy atom. The highest BCUT2D eigenvalue weighted by atomic mass is 19.4. The predicted octanol–water partition coefficient (Wildman–Crippen LogP) is 3.43. The Balaban J connectivity index is 1.86. The number of amides is 1. The quantitative estimate of drug-likeness (QED) is 0.521. The summed E-state index contributed by atoms with van der Waals surface area (Å²) in [4.78, 5) is 11.5. The zero-order chi connectivity index (χ0) is 22.6. The number of halogens is 4. The number of carbonyl (C=O) groups excluding carboxylic acids is 1. The molecule has 3 rings (SSSR count). The maximum atomic E-state index is 13.6. The van der Waals surface area contributed by atoms with Crippen molar-refractivity contribution in [1.29, 1.82) is 0 Å². The van der Waals surface area contributed by atoms with Crippen molar-refractivity contribution < 1.29 is 31.5 Å². The third kappa shape index (κ3) is 6.01. The smallest absolute Gasteiger partial charge is 0.420 e. The summed E-state index contributed by atoms with van der Waals surface area (Å²) >= 11 is 0. The number of carbonyl (C=O) groups is 1. The van der Waals surface area contributed by atoms with E-state index < -0.39 is 29.8 Å². The van der Waals surface area contributed by atoms with Crippen molar-refractivity contribution in [2.24, 2.45) is 11.5 Å². The molecule has 0 aliphatic heterocycles. The van der Waals surface area contributed by atoms with Crippen molar-refractivity contribution in [3.8, 4) is 17.2 Å². The highest BCUT2D eigenvalue weighted by molar-refractivity contribution is 5.74. The summed E-state index contributed by atoms with van der Waals surface area (Å²) in [5.74, 6) is -3.47. The number of nitrogens with two attached hydrogens (primary N) is 2. The largest absolute Gasteiger partial charge is 0.573 e. The van der Waals surface area contributed by atoms with Crippen LogP contribution in [0.3, 0.4) is 0 Å². The molecular weight excluding hydrogens is 420 g/mol. The van der Waals surface area contributed by atoms with Crippen molar-refractivity contribution in [3.05, 3.63) is 65.3 Å². The minimum absolute atomic E-state index is 0.0181. The zero-order valence-corrected chi connectivity index (χ0v) is 16.0. The second-order valence-corrected chi connectivity index (χ2v) is 6.73. The first-order chi connectivity index (χ1) is 14.6. The molecule has 2 aromatic carbocycles. The molecule has 0 saturated carbocycles. The third-order valence-electron chi connectivity index (χ3n) is 4.38. The molecule has 164 valence electrons. The van der Waals surface area contributed by atoms with Gasteiger partial charge in [0.1, 0.15) is 0 Å². The summed E-state index contributed by atoms with van der Waals surface area (Å²) in [5.41, 5.74) is 12.7. The number of ether oxygens (including phenoxy) is 1. The van der Waals surface area contributed by atoms with Crippen LogP contribution in [0.5, 0.6) is 5.75 Å². The fourth-order valence-corrected chi connectivity index (χ4v) is 2.94. The van der Waals surface area contributed by atoms with Gasteiger partial charge in [-0.1, -0.05) is 24.3 Å². The van der Waals surface area contributed by atoms with Crippen LogP contribution in [-0.4, -0.2) is 22.5 Å². The molecule has 1 aromatic heterocycles. The Morgan fingerprint density at radius 1 is 1.10 bits per heavy atom. The number of rotatable bonds is 8. The second kappa shape index (κ2) is 9.13. The number of benzene rings is 2. The number of aromatic nitrogens is 2. The fraction of sp³-hybridized carbons (Fsp3) is 0.250. The van der Waals surface area contributed by atoms with Crippen molar-refractivity contribution >= 4 is 5.91 Å². The predicted molar refractivity (Wildman–Crippen MR) is 101 cm³/mol. The number of hydrogen-bond acceptors (Lipinski definition) is 6. The summed E-state index contributed by atoms with van der Waals surface area (Å²) < 4.78 is 60.2. The highest BCUT2D eigenvalue weighted by Crippen LogP contribution is 2.32. The van der Waals surface area contributed by atoms with Gasteiger partial charge >= 0.3 is 6.36 Å². The van der Waals surface area contributed by atoms with Crippen molar-refractivity contribution in [2.75, 3.05) is 0 Å². The van der Waals surface area contributed by atoms with Gasteiger partial charge in [0.25, 0.3) is 0 Å². The van der Waals surface area contributed by atoms with Crippen LogP contribution in [-0.2, 0) is 17.8 Å². The molecule has 0 bridgehead atoms. The number of primary amides is 1. The van der Waals surface area contributed by atoms with Gasteiger partial charge < -0.3 is 20.6 Å². The van der Waals surface area contributed by atoms with E-state index in [1.54, 1.807) is 0 Å². The third-order valence-corrected chi connectivity index (χ3v) is 4.38. The lowest BCUT2D eigenvalue weighted by atomic mass is 9.95. The normalized spacial score (nSPS) is 12.5. The van der Waals surface area contributed by atoms with Crippen LogP contribution in [0.4, 0.5) is 17.6 Å². The molecule has 0 radical (unpaired) electrons. The Kier molecular flexibility index (Phi) is 6.54. The van der Waals surface area contributed by atoms with E-state index in [-0.39, 0.29) is 23.8 Å². The van der Waals surface area contributed by atoms with Crippen molar-refractivity contribution in [3.63, 3.8) is 0 Å². The summed E-state index contributed by atoms with van der Waals surface area (Å²) in [7, 11) is 0. The Bertz CT molecular complexity index is 1050. The van der Waals surface area contributed by atoms with E-state index in [0.717, 1.165) is 23.3 Å². The molecule has 31 heavy (non-hydrogen) atoms. The molecular formula is C20H18F4N4O3. The number of nitrogens with zero attached hydrogens (tertiary/aromatic N) is 2. The Labute approximate surface area is 174 Å². The molecule has 4 N–H and O–H groups in total. The number of hydrogen-bond donors (Lipinski definition) is 2. The minimum Gasteiger partial charge on any atom is -0.420 e. The molecule has 0 fully saturated rings. The molecule has 1 atom stereocenters. The van der Waals surface area contributed by atoms with E-state index in [4.69, 9.17) is 15.9 Å². The van der Waals surface area contributed by atoms with Gasteiger partial charge in [-0.15, -0.1) is 23.4 Å². The summed E-state index contributed by atoms with van der Waals surface area (Å²) in [5, 5.41) is 7.71. The molecule has 11 heteroatoms. The van der Waals surface area contributed by atoms with E-state index in [2.05, 4.69) is 14.9 Å². The number of alkyl halides is 3. The zero-order valence-electron chi connectivity index (χ0n) is 16.0. The highest BCUT2D eigenvalue weighted by Gasteiger charge is 2.32. The van der Waals surface area contributed by atoms with Crippen LogP contribution in [0.25, 0.3) is 11.5 Å². The molecule has 0 saturated heterocycles. The first kappa shape index (κ1) is 22.2. The maximum Gasteiger partial charge on any atom is 0.573 e. The van der Waals surface area contributed by atoms with Gasteiger partial charge in [0.2, 0.25) is 17.7 Å². The lowest BCUT2D eigenvalue weighted by molar-refractivity contribution is -0.275. The molecule has 1 unspecified atom stereocenters. The van der Waals surface area contributed by atoms with E-state index in [9.17, 15) is 22.4 Å². The summed E-state index contributed by atoms with van der Waals surface area (Å²) in [6.07, 6.45) is -4.81. The van der Waals surface area contributed by atoms with Crippen molar-refractivity contribution in [2.45, 2.75) is 31.7 Å². The topological polar surface area (TPSA) is 117 Å². The van der Waals surface area contributed by atoms with Gasteiger partial charge in [0.15, 0.2) is 11.6 Å². The van der Waals surface area contributed by atoms with E-state index in [1.807, 2.05) is 24.3 Å². The van der Waals surface area contributed by atoms with Gasteiger partial charge in [0.05, 0.1) is 5.92 Å². The van der Waals surface area contributed by atoms with Crippen LogP contribution in [0.1, 0.15) is 29.4 Å². The van der Waals surface area contributed by atoms with Crippen LogP contribution in [0, 0.1) is 5.82 Å². The molecule has 0 aliphatic rings. The summed E-state index contributed by atoms with van der Waals surface area (Å²) in [6.45, 7) is 0.385. The lowest BCUT2D eigenvalue weighted by Crippen LogP contribution is -2.18. The standard InChI is InChI=1S/C20H18F4N4O3/c21-15-6-5-13(8-16(15)31-20(22,23)24)18-27-28-19(30-18)14(9-17(26)29)7-11-1-3-12(10-25)4-2-11/h1-6,8,14H,7,9-10,25H2,(H2,26,29). The van der Waals surface area contributed by atoms with Crippen LogP contribution in [0.2, 0.25) is 0 Å². The van der Waals surface area contributed by atoms with E-state index >= 15 is 0 Å². The van der Waals surface area contributed by atoms with Crippen molar-refractivity contribution in [1.82, 2.24) is 10.2 Å². The fourth-order valence-electron chi connectivity index (χ4n) is 2.94. The monoisotopic (exact) mass is 438 g/mol. The van der Waals surface area contributed by atoms with Gasteiger partial charge in [-0.2, -0.15) is 0 Å². The summed E-state index contributed by atoms with van der Waals surface area (Å²) in [6, 6.07) is 10.1. The average Bonchev–Trinajstić information content (AvgIpc) is 3.18. The molecule has 1 amide bonds. The minimum atomic E-state index is -5.06. The SMILES string of the molecule is NCc1ccc(CC(CC(N)=O)c2nnc(-c3ccc(F)c(OC(F)(F)F)c3)o2)cc1. The van der Waals surface area contributed by atoms with Gasteiger partial charge in [-0.3, -0.25) is 4.79 Å². The first-order valence-electron chi connectivity index (χ1n) is 9.10. The molecule has 0 aliphatic carbocycles. The molecule has 7 nitrogen and oxygen atoms in total. The first-order valence-corrected chi connectivity index (χ1v) is 9.10. The van der Waals surface area contributed by atoms with Gasteiger partial charge in [-0.05, 0) is 35.7 Å². The molecule has 0 spiro atoms. The maximum absolute atomic E-state index is 13.6. The Hall–Kier alpha value is -3.47. The lowest BCUT2D eigenvalue weighted by Gasteiger charge is -2.12. The van der Waals surface area contributed by atoms with Gasteiger partial charge in [-0.25, -0.2) is 4.39 Å². The average molecular weight is 438 g/mol. The molecule has 1 heterocycles. The van der Waals surface area contributed by atoms with Gasteiger partial charge in [0, 0.05) is 18.5 Å². The van der Waals surface area contributed by atoms with Crippen LogP contribution < -0.4 is 16.2 Å². The van der Waals surface area contributed by atoms with E-state index in [1.165, 1.54) is 6.07 Å². The Morgan fingerprint density at radius 2 is 1.77 bits per heavy atom. The molecule has 3 aromatic rings. The van der Waals surface area contributed by atoms with Crippen LogP contribution >= 0.6 is 0 Å².